The van der Waals surface area contributed by atoms with Gasteiger partial charge >= 0.3 is 0 Å². The molecule has 1 aliphatic heterocycles. The molecule has 0 radical (unpaired) electrons. The highest BCUT2D eigenvalue weighted by atomic mass is 32.1. The number of thiophene rings is 1. The Morgan fingerprint density at radius 3 is 3.16 bits per heavy atom. The summed E-state index contributed by atoms with van der Waals surface area (Å²) in [6.07, 6.45) is 2.08. The molecule has 0 spiro atoms. The van der Waals surface area contributed by atoms with Gasteiger partial charge in [0.2, 0.25) is 5.91 Å². The lowest BCUT2D eigenvalue weighted by Crippen LogP contribution is -2.44. The zero-order valence-corrected chi connectivity index (χ0v) is 12.3. The molecule has 1 aliphatic rings. The van der Waals surface area contributed by atoms with E-state index in [0.717, 1.165) is 39.0 Å². The molecule has 2 N–H and O–H groups in total. The quantitative estimate of drug-likeness (QED) is 0.786. The molecular formula is C14H23N3OS. The van der Waals surface area contributed by atoms with E-state index in [9.17, 15) is 4.79 Å². The van der Waals surface area contributed by atoms with Crippen molar-refractivity contribution in [3.8, 4) is 0 Å². The smallest absolute Gasteiger partial charge is 0.234 e. The van der Waals surface area contributed by atoms with Gasteiger partial charge in [0.15, 0.2) is 0 Å². The Bertz CT molecular complexity index is 374. The van der Waals surface area contributed by atoms with Crippen LogP contribution in [0.3, 0.4) is 0 Å². The summed E-state index contributed by atoms with van der Waals surface area (Å²) in [4.78, 5) is 15.5. The number of amides is 1. The molecule has 1 amide bonds. The molecule has 106 valence electrons. The summed E-state index contributed by atoms with van der Waals surface area (Å²) in [6.45, 7) is 6.40. The summed E-state index contributed by atoms with van der Waals surface area (Å²) in [7, 11) is 0. The Morgan fingerprint density at radius 1 is 1.63 bits per heavy atom. The first-order chi connectivity index (χ1) is 9.29. The Balaban J connectivity index is 1.67. The number of carbonyl (C=O) groups excluding carboxylic acids is 1. The van der Waals surface area contributed by atoms with E-state index in [1.165, 1.54) is 4.88 Å². The van der Waals surface area contributed by atoms with Gasteiger partial charge in [-0.3, -0.25) is 9.69 Å². The number of likely N-dealkylation sites (N-methyl/N-ethyl adjacent to an activating group) is 1. The summed E-state index contributed by atoms with van der Waals surface area (Å²) in [5.41, 5.74) is 0. The molecule has 0 saturated carbocycles. The fourth-order valence-corrected chi connectivity index (χ4v) is 3.18. The third-order valence-electron chi connectivity index (χ3n) is 3.58. The predicted octanol–water partition coefficient (Wildman–Crippen LogP) is 1.09. The number of hydrogen-bond donors (Lipinski definition) is 2. The zero-order chi connectivity index (χ0) is 13.5. The second-order valence-corrected chi connectivity index (χ2v) is 5.92. The van der Waals surface area contributed by atoms with Crippen molar-refractivity contribution in [3.05, 3.63) is 22.4 Å². The third-order valence-corrected chi connectivity index (χ3v) is 4.51. The van der Waals surface area contributed by atoms with E-state index in [-0.39, 0.29) is 5.91 Å². The first kappa shape index (κ1) is 14.5. The fourth-order valence-electron chi connectivity index (χ4n) is 2.47. The van der Waals surface area contributed by atoms with Crippen molar-refractivity contribution in [2.45, 2.75) is 25.8 Å². The summed E-state index contributed by atoms with van der Waals surface area (Å²) in [6, 6.07) is 4.68. The van der Waals surface area contributed by atoms with Crippen LogP contribution >= 0.6 is 11.3 Å². The van der Waals surface area contributed by atoms with Crippen LogP contribution in [0.2, 0.25) is 0 Å². The molecule has 2 heterocycles. The van der Waals surface area contributed by atoms with Crippen molar-refractivity contribution in [1.29, 1.82) is 0 Å². The molecule has 0 bridgehead atoms. The third kappa shape index (κ3) is 4.60. The summed E-state index contributed by atoms with van der Waals surface area (Å²) >= 11 is 1.74. The largest absolute Gasteiger partial charge is 0.355 e. The minimum Gasteiger partial charge on any atom is -0.355 e. The molecule has 5 heteroatoms. The SMILES string of the molecule is CCN(CC(=O)NCCc1cccs1)C1CCNC1. The van der Waals surface area contributed by atoms with Crippen LogP contribution in [-0.2, 0) is 11.2 Å². The standard InChI is InChI=1S/C14H23N3OS/c1-2-17(12-5-7-15-10-12)11-14(18)16-8-6-13-4-3-9-19-13/h3-4,9,12,15H,2,5-8,10-11H2,1H3,(H,16,18). The molecule has 1 saturated heterocycles. The number of hydrogen-bond acceptors (Lipinski definition) is 4. The van der Waals surface area contributed by atoms with E-state index in [2.05, 4.69) is 33.9 Å². The molecule has 19 heavy (non-hydrogen) atoms. The van der Waals surface area contributed by atoms with Gasteiger partial charge in [0.05, 0.1) is 6.54 Å². The van der Waals surface area contributed by atoms with E-state index >= 15 is 0 Å². The molecule has 1 aromatic rings. The Hall–Kier alpha value is -0.910. The number of nitrogens with zero attached hydrogens (tertiary/aromatic N) is 1. The van der Waals surface area contributed by atoms with Crippen molar-refractivity contribution >= 4 is 17.2 Å². The van der Waals surface area contributed by atoms with Gasteiger partial charge in [-0.15, -0.1) is 11.3 Å². The van der Waals surface area contributed by atoms with E-state index in [1.54, 1.807) is 11.3 Å². The van der Waals surface area contributed by atoms with Crippen molar-refractivity contribution in [1.82, 2.24) is 15.5 Å². The van der Waals surface area contributed by atoms with Gasteiger partial charge in [0.25, 0.3) is 0 Å². The van der Waals surface area contributed by atoms with E-state index in [1.807, 2.05) is 6.07 Å². The first-order valence-electron chi connectivity index (χ1n) is 7.03. The predicted molar refractivity (Wildman–Crippen MR) is 79.6 cm³/mol. The summed E-state index contributed by atoms with van der Waals surface area (Å²) in [5.74, 6) is 0.144. The number of rotatable bonds is 7. The second kappa shape index (κ2) is 7.62. The van der Waals surface area contributed by atoms with Gasteiger partial charge in [-0.2, -0.15) is 0 Å². The van der Waals surface area contributed by atoms with Crippen LogP contribution in [0.5, 0.6) is 0 Å². The normalized spacial score (nSPS) is 18.9. The average molecular weight is 281 g/mol. The Labute approximate surface area is 119 Å². The molecule has 1 aromatic heterocycles. The molecule has 4 nitrogen and oxygen atoms in total. The number of carbonyl (C=O) groups is 1. The van der Waals surface area contributed by atoms with Crippen LogP contribution in [0.4, 0.5) is 0 Å². The molecule has 1 fully saturated rings. The van der Waals surface area contributed by atoms with Gasteiger partial charge in [0, 0.05) is 24.0 Å². The lowest BCUT2D eigenvalue weighted by atomic mass is 10.2. The monoisotopic (exact) mass is 281 g/mol. The molecule has 1 atom stereocenters. The summed E-state index contributed by atoms with van der Waals surface area (Å²) < 4.78 is 0. The molecule has 0 aliphatic carbocycles. The molecule has 0 aromatic carbocycles. The van der Waals surface area contributed by atoms with E-state index in [0.29, 0.717) is 12.6 Å². The van der Waals surface area contributed by atoms with Crippen molar-refractivity contribution in [2.24, 2.45) is 0 Å². The summed E-state index contributed by atoms with van der Waals surface area (Å²) in [5, 5.41) is 8.44. The van der Waals surface area contributed by atoms with E-state index < -0.39 is 0 Å². The fraction of sp³-hybridized carbons (Fsp3) is 0.643. The van der Waals surface area contributed by atoms with Crippen LogP contribution < -0.4 is 10.6 Å². The highest BCUT2D eigenvalue weighted by Gasteiger charge is 2.22. The average Bonchev–Trinajstić information content (AvgIpc) is 3.08. The second-order valence-electron chi connectivity index (χ2n) is 4.89. The topological polar surface area (TPSA) is 44.4 Å². The maximum atomic E-state index is 11.9. The Kier molecular flexibility index (Phi) is 5.82. The van der Waals surface area contributed by atoms with E-state index in [4.69, 9.17) is 0 Å². The molecule has 1 unspecified atom stereocenters. The van der Waals surface area contributed by atoms with Gasteiger partial charge in [0.1, 0.15) is 0 Å². The minimum absolute atomic E-state index is 0.144. The lowest BCUT2D eigenvalue weighted by molar-refractivity contribution is -0.122. The van der Waals surface area contributed by atoms with Gasteiger partial charge in [-0.1, -0.05) is 13.0 Å². The van der Waals surface area contributed by atoms with Crippen molar-refractivity contribution in [2.75, 3.05) is 32.7 Å². The van der Waals surface area contributed by atoms with Crippen molar-refractivity contribution in [3.63, 3.8) is 0 Å². The van der Waals surface area contributed by atoms with Crippen LogP contribution in [-0.4, -0.2) is 49.6 Å². The lowest BCUT2D eigenvalue weighted by Gasteiger charge is -2.26. The van der Waals surface area contributed by atoms with Crippen molar-refractivity contribution < 1.29 is 4.79 Å². The Morgan fingerprint density at radius 2 is 2.53 bits per heavy atom. The minimum atomic E-state index is 0.144. The van der Waals surface area contributed by atoms with Crippen LogP contribution in [0.15, 0.2) is 17.5 Å². The van der Waals surface area contributed by atoms with Gasteiger partial charge in [-0.25, -0.2) is 0 Å². The number of nitrogens with one attached hydrogen (secondary N) is 2. The zero-order valence-electron chi connectivity index (χ0n) is 11.5. The maximum absolute atomic E-state index is 11.9. The molecule has 2 rings (SSSR count). The van der Waals surface area contributed by atoms with Crippen LogP contribution in [0.25, 0.3) is 0 Å². The highest BCUT2D eigenvalue weighted by molar-refractivity contribution is 7.09. The molecular weight excluding hydrogens is 258 g/mol. The highest BCUT2D eigenvalue weighted by Crippen LogP contribution is 2.09. The first-order valence-corrected chi connectivity index (χ1v) is 7.91. The van der Waals surface area contributed by atoms with Gasteiger partial charge < -0.3 is 10.6 Å². The maximum Gasteiger partial charge on any atom is 0.234 e. The van der Waals surface area contributed by atoms with Gasteiger partial charge in [-0.05, 0) is 37.4 Å². The van der Waals surface area contributed by atoms with Crippen LogP contribution in [0, 0.1) is 0 Å². The van der Waals surface area contributed by atoms with Crippen LogP contribution in [0.1, 0.15) is 18.2 Å².